The van der Waals surface area contributed by atoms with Crippen molar-refractivity contribution in [3.8, 4) is 28.1 Å². The lowest BCUT2D eigenvalue weighted by molar-refractivity contribution is 0.670. The Morgan fingerprint density at radius 3 is 1.73 bits per heavy atom. The van der Waals surface area contributed by atoms with Gasteiger partial charge in [-0.3, -0.25) is 4.57 Å². The monoisotopic (exact) mass is 700 g/mol. The SMILES string of the molecule is Cc1c(-n2c3ccc4ccccc4c3c3c4ccccc4ccc32)nc2ccccc2c1-c1cc(-c2ccccc2)cc2c1oc1cc3ccccc3cc12. The lowest BCUT2D eigenvalue weighted by atomic mass is 9.91. The van der Waals surface area contributed by atoms with Gasteiger partial charge in [0, 0.05) is 43.6 Å². The van der Waals surface area contributed by atoms with Crippen LogP contribution in [0.3, 0.4) is 0 Å². The molecule has 3 aromatic heterocycles. The fraction of sp³-hybridized carbons (Fsp3) is 0.0192. The molecule has 0 bridgehead atoms. The minimum absolute atomic E-state index is 0.884. The summed E-state index contributed by atoms with van der Waals surface area (Å²) in [7, 11) is 0. The molecule has 0 spiro atoms. The maximum absolute atomic E-state index is 6.98. The number of aromatic nitrogens is 2. The Morgan fingerprint density at radius 2 is 1.04 bits per heavy atom. The summed E-state index contributed by atoms with van der Waals surface area (Å²) in [6, 6.07) is 63.4. The molecule has 0 aliphatic rings. The van der Waals surface area contributed by atoms with E-state index in [-0.39, 0.29) is 0 Å². The summed E-state index contributed by atoms with van der Waals surface area (Å²) in [5.41, 5.74) is 10.6. The molecular weight excluding hydrogens is 669 g/mol. The van der Waals surface area contributed by atoms with Gasteiger partial charge < -0.3 is 4.42 Å². The van der Waals surface area contributed by atoms with Crippen LogP contribution in [-0.4, -0.2) is 9.55 Å². The molecule has 9 aromatic carbocycles. The van der Waals surface area contributed by atoms with Gasteiger partial charge in [-0.15, -0.1) is 0 Å². The molecule has 0 atom stereocenters. The third-order valence-electron chi connectivity index (χ3n) is 11.7. The van der Waals surface area contributed by atoms with E-state index in [1.54, 1.807) is 0 Å². The van der Waals surface area contributed by atoms with Gasteiger partial charge in [0.1, 0.15) is 17.0 Å². The molecule has 0 amide bonds. The number of fused-ring (bicyclic) bond motifs is 12. The first-order valence-corrected chi connectivity index (χ1v) is 18.9. The minimum Gasteiger partial charge on any atom is -0.455 e. The van der Waals surface area contributed by atoms with Crippen LogP contribution >= 0.6 is 0 Å². The summed E-state index contributed by atoms with van der Waals surface area (Å²) in [6.45, 7) is 2.24. The molecule has 12 rings (SSSR count). The largest absolute Gasteiger partial charge is 0.455 e. The summed E-state index contributed by atoms with van der Waals surface area (Å²) < 4.78 is 9.38. The fourth-order valence-electron chi connectivity index (χ4n) is 9.18. The average Bonchev–Trinajstić information content (AvgIpc) is 3.78. The lowest BCUT2D eigenvalue weighted by Crippen LogP contribution is -2.03. The van der Waals surface area contributed by atoms with E-state index in [1.807, 2.05) is 0 Å². The maximum Gasteiger partial charge on any atom is 0.143 e. The van der Waals surface area contributed by atoms with Crippen LogP contribution in [0.1, 0.15) is 5.56 Å². The highest BCUT2D eigenvalue weighted by atomic mass is 16.3. The number of pyridine rings is 1. The van der Waals surface area contributed by atoms with Crippen molar-refractivity contribution in [1.29, 1.82) is 0 Å². The van der Waals surface area contributed by atoms with Crippen molar-refractivity contribution in [1.82, 2.24) is 9.55 Å². The predicted octanol–water partition coefficient (Wildman–Crippen LogP) is 14.3. The standard InChI is InChI=1S/C52H32N2O/c1-31-48(43-29-37(32-13-3-2-4-14-32)28-42-41-27-35-17-5-6-18-36(35)30-47(41)55-51(42)43)40-21-11-12-22-44(40)53-52(31)54-45-25-23-33-15-7-9-19-38(33)49(45)50-39-20-10-8-16-34(39)24-26-46(50)54/h2-30H,1H3. The zero-order valence-corrected chi connectivity index (χ0v) is 30.0. The Balaban J connectivity index is 1.25. The molecule has 256 valence electrons. The molecule has 0 aliphatic heterocycles. The van der Waals surface area contributed by atoms with Gasteiger partial charge in [0.05, 0.1) is 16.6 Å². The summed E-state index contributed by atoms with van der Waals surface area (Å²) in [5, 5.41) is 13.1. The van der Waals surface area contributed by atoms with Crippen molar-refractivity contribution in [2.75, 3.05) is 0 Å². The van der Waals surface area contributed by atoms with E-state index in [2.05, 4.69) is 187 Å². The maximum atomic E-state index is 6.98. The summed E-state index contributed by atoms with van der Waals surface area (Å²) >= 11 is 0. The normalized spacial score (nSPS) is 12.1. The Hall–Kier alpha value is -7.23. The first-order valence-electron chi connectivity index (χ1n) is 18.9. The zero-order valence-electron chi connectivity index (χ0n) is 30.0. The lowest BCUT2D eigenvalue weighted by Gasteiger charge is -2.18. The molecule has 0 saturated heterocycles. The van der Waals surface area contributed by atoms with Gasteiger partial charge in [-0.05, 0) is 92.8 Å². The predicted molar refractivity (Wildman–Crippen MR) is 231 cm³/mol. The third-order valence-corrected chi connectivity index (χ3v) is 11.7. The number of furan rings is 1. The Labute approximate surface area is 316 Å². The first-order chi connectivity index (χ1) is 27.2. The molecular formula is C52H32N2O. The smallest absolute Gasteiger partial charge is 0.143 e. The van der Waals surface area contributed by atoms with Gasteiger partial charge in [-0.25, -0.2) is 4.98 Å². The van der Waals surface area contributed by atoms with Crippen molar-refractivity contribution in [2.24, 2.45) is 0 Å². The topological polar surface area (TPSA) is 31.0 Å². The van der Waals surface area contributed by atoms with Crippen molar-refractivity contribution in [3.05, 3.63) is 181 Å². The highest BCUT2D eigenvalue weighted by Crippen LogP contribution is 2.46. The molecule has 0 unspecified atom stereocenters. The van der Waals surface area contributed by atoms with Crippen LogP contribution in [0.15, 0.2) is 180 Å². The van der Waals surface area contributed by atoms with Crippen molar-refractivity contribution in [3.63, 3.8) is 0 Å². The number of hydrogen-bond donors (Lipinski definition) is 0. The van der Waals surface area contributed by atoms with Gasteiger partial charge in [0.2, 0.25) is 0 Å². The van der Waals surface area contributed by atoms with E-state index in [4.69, 9.17) is 9.40 Å². The van der Waals surface area contributed by atoms with Crippen LogP contribution in [0.5, 0.6) is 0 Å². The van der Waals surface area contributed by atoms with E-state index < -0.39 is 0 Å². The summed E-state index contributed by atoms with van der Waals surface area (Å²) in [4.78, 5) is 5.54. The van der Waals surface area contributed by atoms with E-state index in [1.165, 1.54) is 37.7 Å². The van der Waals surface area contributed by atoms with Crippen molar-refractivity contribution in [2.45, 2.75) is 6.92 Å². The highest BCUT2D eigenvalue weighted by Gasteiger charge is 2.24. The molecule has 0 fully saturated rings. The van der Waals surface area contributed by atoms with E-state index in [0.29, 0.717) is 0 Å². The number of benzene rings is 9. The Kier molecular flexibility index (Phi) is 6.26. The van der Waals surface area contributed by atoms with Gasteiger partial charge in [-0.2, -0.15) is 0 Å². The van der Waals surface area contributed by atoms with E-state index >= 15 is 0 Å². The molecule has 3 heterocycles. The van der Waals surface area contributed by atoms with Gasteiger partial charge in [-0.1, -0.05) is 133 Å². The number of hydrogen-bond acceptors (Lipinski definition) is 2. The van der Waals surface area contributed by atoms with Crippen LogP contribution in [-0.2, 0) is 0 Å². The van der Waals surface area contributed by atoms with Crippen LogP contribution in [0, 0.1) is 6.92 Å². The second-order valence-corrected chi connectivity index (χ2v) is 14.7. The summed E-state index contributed by atoms with van der Waals surface area (Å²) in [5.74, 6) is 0.916. The minimum atomic E-state index is 0.884. The zero-order chi connectivity index (χ0) is 36.2. The molecule has 12 aromatic rings. The number of rotatable bonds is 3. The number of nitrogens with zero attached hydrogens (tertiary/aromatic N) is 2. The molecule has 3 nitrogen and oxygen atoms in total. The second-order valence-electron chi connectivity index (χ2n) is 14.7. The van der Waals surface area contributed by atoms with Crippen LogP contribution in [0.2, 0.25) is 0 Å². The molecule has 0 radical (unpaired) electrons. The Bertz CT molecular complexity index is 3460. The fourth-order valence-corrected chi connectivity index (χ4v) is 9.18. The van der Waals surface area contributed by atoms with Gasteiger partial charge in [0.15, 0.2) is 0 Å². The van der Waals surface area contributed by atoms with Crippen LogP contribution < -0.4 is 0 Å². The molecule has 55 heavy (non-hydrogen) atoms. The Morgan fingerprint density at radius 1 is 0.455 bits per heavy atom. The van der Waals surface area contributed by atoms with Crippen molar-refractivity contribution >= 4 is 87.0 Å². The van der Waals surface area contributed by atoms with E-state index in [0.717, 1.165) is 82.9 Å². The molecule has 0 aliphatic carbocycles. The average molecular weight is 701 g/mol. The van der Waals surface area contributed by atoms with Crippen LogP contribution in [0.25, 0.3) is 115 Å². The molecule has 0 N–H and O–H groups in total. The quantitative estimate of drug-likeness (QED) is 0.184. The first kappa shape index (κ1) is 30.3. The van der Waals surface area contributed by atoms with Crippen LogP contribution in [0.4, 0.5) is 0 Å². The third kappa shape index (κ3) is 4.35. The number of para-hydroxylation sites is 1. The molecule has 0 saturated carbocycles. The van der Waals surface area contributed by atoms with Gasteiger partial charge >= 0.3 is 0 Å². The van der Waals surface area contributed by atoms with Gasteiger partial charge in [0.25, 0.3) is 0 Å². The van der Waals surface area contributed by atoms with Crippen molar-refractivity contribution < 1.29 is 4.42 Å². The highest BCUT2D eigenvalue weighted by molar-refractivity contribution is 6.28. The molecule has 3 heteroatoms. The van der Waals surface area contributed by atoms with E-state index in [9.17, 15) is 0 Å². The summed E-state index contributed by atoms with van der Waals surface area (Å²) in [6.07, 6.45) is 0. The second kappa shape index (κ2) is 11.4.